The molecule has 0 aliphatic rings. The van der Waals surface area contributed by atoms with Crippen LogP contribution in [0.2, 0.25) is 0 Å². The molecule has 0 fully saturated rings. The molecule has 8 nitrogen and oxygen atoms in total. The highest BCUT2D eigenvalue weighted by Crippen LogP contribution is 2.35. The van der Waals surface area contributed by atoms with Crippen LogP contribution in [0.15, 0.2) is 37.3 Å². The minimum Gasteiger partial charge on any atom is -0.288 e. The second kappa shape index (κ2) is 5.82. The fourth-order valence-corrected chi connectivity index (χ4v) is 3.17. The Morgan fingerprint density at radius 2 is 1.85 bits per heavy atom. The highest BCUT2D eigenvalue weighted by atomic mass is 15.3. The first kappa shape index (κ1) is 16.6. The van der Waals surface area contributed by atoms with Crippen LogP contribution in [0.25, 0.3) is 11.3 Å². The van der Waals surface area contributed by atoms with E-state index >= 15 is 0 Å². The maximum absolute atomic E-state index is 4.65. The van der Waals surface area contributed by atoms with E-state index in [1.54, 1.807) is 18.7 Å². The minimum absolute atomic E-state index is 0.0903. The van der Waals surface area contributed by atoms with Gasteiger partial charge in [0.25, 0.3) is 5.78 Å². The molecular weight excluding hydrogens is 328 g/mol. The molecule has 0 N–H and O–H groups in total. The number of nitrogens with zero attached hydrogens (tertiary/aromatic N) is 8. The molecule has 0 spiro atoms. The van der Waals surface area contributed by atoms with E-state index in [1.165, 1.54) is 0 Å². The van der Waals surface area contributed by atoms with E-state index in [9.17, 15) is 0 Å². The molecule has 4 aromatic heterocycles. The molecule has 0 aromatic carbocycles. The van der Waals surface area contributed by atoms with Crippen LogP contribution in [0.4, 0.5) is 0 Å². The summed E-state index contributed by atoms with van der Waals surface area (Å²) in [5, 5.41) is 12.3. The summed E-state index contributed by atoms with van der Waals surface area (Å²) in [4.78, 5) is 13.3. The van der Waals surface area contributed by atoms with Gasteiger partial charge in [0.1, 0.15) is 17.7 Å². The predicted molar refractivity (Wildman–Crippen MR) is 96.9 cm³/mol. The number of imidazole rings is 2. The maximum atomic E-state index is 4.65. The molecule has 0 radical (unpaired) electrons. The van der Waals surface area contributed by atoms with Crippen molar-refractivity contribution >= 4 is 11.3 Å². The van der Waals surface area contributed by atoms with Gasteiger partial charge in [0.05, 0.1) is 24.3 Å². The molecule has 26 heavy (non-hydrogen) atoms. The van der Waals surface area contributed by atoms with Gasteiger partial charge in [-0.1, -0.05) is 27.7 Å². The lowest BCUT2D eigenvalue weighted by Gasteiger charge is -2.29. The average molecular weight is 350 g/mol. The van der Waals surface area contributed by atoms with Crippen molar-refractivity contribution in [3.05, 3.63) is 48.8 Å². The summed E-state index contributed by atoms with van der Waals surface area (Å²) in [6.45, 7) is 8.83. The van der Waals surface area contributed by atoms with Gasteiger partial charge in [0, 0.05) is 23.2 Å². The third kappa shape index (κ3) is 2.81. The monoisotopic (exact) mass is 350 g/mol. The van der Waals surface area contributed by atoms with Gasteiger partial charge in [-0.05, 0) is 12.8 Å². The van der Waals surface area contributed by atoms with Crippen LogP contribution in [-0.4, -0.2) is 39.2 Å². The Hall–Kier alpha value is -2.90. The summed E-state index contributed by atoms with van der Waals surface area (Å²) in [5.41, 5.74) is 1.71. The summed E-state index contributed by atoms with van der Waals surface area (Å²) >= 11 is 0. The molecule has 134 valence electrons. The van der Waals surface area contributed by atoms with Crippen molar-refractivity contribution in [1.82, 2.24) is 39.2 Å². The molecule has 4 rings (SSSR count). The topological polar surface area (TPSA) is 86.2 Å². The highest BCUT2D eigenvalue weighted by molar-refractivity contribution is 5.42. The molecule has 4 aromatic rings. The van der Waals surface area contributed by atoms with Crippen molar-refractivity contribution in [3.8, 4) is 0 Å². The van der Waals surface area contributed by atoms with Gasteiger partial charge in [-0.2, -0.15) is 10.2 Å². The summed E-state index contributed by atoms with van der Waals surface area (Å²) in [6, 6.07) is 0. The summed E-state index contributed by atoms with van der Waals surface area (Å²) < 4.78 is 3.79. The van der Waals surface area contributed by atoms with Gasteiger partial charge < -0.3 is 0 Å². The lowest BCUT2D eigenvalue weighted by Crippen LogP contribution is -2.27. The third-order valence-corrected chi connectivity index (χ3v) is 5.03. The predicted octanol–water partition coefficient (Wildman–Crippen LogP) is 2.60. The summed E-state index contributed by atoms with van der Waals surface area (Å²) in [7, 11) is 0. The van der Waals surface area contributed by atoms with Gasteiger partial charge in [0.2, 0.25) is 0 Å². The molecule has 0 aliphatic carbocycles. The van der Waals surface area contributed by atoms with Crippen molar-refractivity contribution < 1.29 is 0 Å². The molecule has 4 heterocycles. The second-order valence-corrected chi connectivity index (χ2v) is 7.94. The van der Waals surface area contributed by atoms with Crippen molar-refractivity contribution in [3.63, 3.8) is 0 Å². The molecule has 0 aliphatic heterocycles. The van der Waals surface area contributed by atoms with E-state index in [-0.39, 0.29) is 10.8 Å². The number of hydrogen-bond acceptors (Lipinski definition) is 6. The Morgan fingerprint density at radius 3 is 2.65 bits per heavy atom. The van der Waals surface area contributed by atoms with Crippen molar-refractivity contribution in [1.29, 1.82) is 0 Å². The first-order chi connectivity index (χ1) is 12.4. The third-order valence-electron chi connectivity index (χ3n) is 5.03. The van der Waals surface area contributed by atoms with E-state index in [2.05, 4.69) is 57.9 Å². The summed E-state index contributed by atoms with van der Waals surface area (Å²) in [5.74, 6) is 1.58. The zero-order valence-corrected chi connectivity index (χ0v) is 15.5. The van der Waals surface area contributed by atoms with Gasteiger partial charge in [-0.15, -0.1) is 5.10 Å². The lowest BCUT2D eigenvalue weighted by molar-refractivity contribution is 0.354. The first-order valence-corrected chi connectivity index (χ1v) is 8.68. The number of fused-ring (bicyclic) bond motifs is 2. The molecule has 8 heteroatoms. The zero-order valence-electron chi connectivity index (χ0n) is 15.5. The van der Waals surface area contributed by atoms with Crippen LogP contribution in [0, 0.1) is 0 Å². The fourth-order valence-electron chi connectivity index (χ4n) is 3.17. The Balaban J connectivity index is 1.58. The van der Waals surface area contributed by atoms with Crippen LogP contribution in [0.1, 0.15) is 52.1 Å². The first-order valence-electron chi connectivity index (χ1n) is 8.68. The van der Waals surface area contributed by atoms with Gasteiger partial charge in [-0.3, -0.25) is 4.40 Å². The van der Waals surface area contributed by atoms with E-state index in [0.717, 1.165) is 29.9 Å². The smallest absolute Gasteiger partial charge is 0.253 e. The normalized spacial score (nSPS) is 12.9. The number of aromatic nitrogens is 8. The Labute approximate surface area is 151 Å². The number of hydrogen-bond donors (Lipinski definition) is 0. The van der Waals surface area contributed by atoms with E-state index in [1.807, 2.05) is 27.5 Å². The van der Waals surface area contributed by atoms with Gasteiger partial charge in [0.15, 0.2) is 0 Å². The lowest BCUT2D eigenvalue weighted by atomic mass is 9.77. The van der Waals surface area contributed by atoms with Crippen LogP contribution >= 0.6 is 0 Å². The van der Waals surface area contributed by atoms with E-state index in [0.29, 0.717) is 5.78 Å². The molecule has 0 amide bonds. The molecular formula is C18H22N8. The molecule has 0 unspecified atom stereocenters. The van der Waals surface area contributed by atoms with Crippen molar-refractivity contribution in [2.24, 2.45) is 0 Å². The largest absolute Gasteiger partial charge is 0.288 e. The van der Waals surface area contributed by atoms with Crippen LogP contribution < -0.4 is 0 Å². The van der Waals surface area contributed by atoms with E-state index in [4.69, 9.17) is 0 Å². The van der Waals surface area contributed by atoms with E-state index < -0.39 is 0 Å². The van der Waals surface area contributed by atoms with Crippen LogP contribution in [0.5, 0.6) is 0 Å². The quantitative estimate of drug-likeness (QED) is 0.550. The Kier molecular flexibility index (Phi) is 3.71. The van der Waals surface area contributed by atoms with Gasteiger partial charge >= 0.3 is 0 Å². The molecule has 0 atom stereocenters. The van der Waals surface area contributed by atoms with Gasteiger partial charge in [-0.25, -0.2) is 19.5 Å². The highest BCUT2D eigenvalue weighted by Gasteiger charge is 2.31. The fraction of sp³-hybridized carbons (Fsp3) is 0.444. The molecule has 0 bridgehead atoms. The standard InChI is InChI=1S/C18H22N8/c1-17(2,14-11-25-8-7-21-24-16(25)23-14)5-6-18(3,4)15-20-10-13-9-19-12-22-26(13)15/h7-12H,5-6H2,1-4H3. The van der Waals surface area contributed by atoms with Crippen LogP contribution in [-0.2, 0) is 10.8 Å². The Morgan fingerprint density at radius 1 is 1.04 bits per heavy atom. The molecule has 0 saturated heterocycles. The average Bonchev–Trinajstić information content (AvgIpc) is 3.25. The molecule has 0 saturated carbocycles. The SMILES string of the molecule is CC(C)(CCC(C)(C)c1ncc2cncnn12)c1cn2ccnnc2n1. The number of rotatable bonds is 5. The van der Waals surface area contributed by atoms with Crippen molar-refractivity contribution in [2.45, 2.75) is 51.4 Å². The zero-order chi connectivity index (χ0) is 18.4. The van der Waals surface area contributed by atoms with Crippen LogP contribution in [0.3, 0.4) is 0 Å². The maximum Gasteiger partial charge on any atom is 0.253 e. The Bertz CT molecular complexity index is 1030. The van der Waals surface area contributed by atoms with Crippen molar-refractivity contribution in [2.75, 3.05) is 0 Å². The second-order valence-electron chi connectivity index (χ2n) is 7.94. The minimum atomic E-state index is -0.128. The summed E-state index contributed by atoms with van der Waals surface area (Å²) in [6.07, 6.45) is 12.6.